The Hall–Kier alpha value is -0.780. The zero-order valence-electron chi connectivity index (χ0n) is 8.07. The van der Waals surface area contributed by atoms with E-state index in [1.54, 1.807) is 0 Å². The second kappa shape index (κ2) is 4.95. The monoisotopic (exact) mass is 150 g/mol. The lowest BCUT2D eigenvalue weighted by atomic mass is 10.1. The number of hydrogen-bond acceptors (Lipinski definition) is 0. The van der Waals surface area contributed by atoms with Gasteiger partial charge in [0.2, 0.25) is 0 Å². The molecular formula is C11H18. The van der Waals surface area contributed by atoms with Crippen LogP contribution in [0.2, 0.25) is 0 Å². The van der Waals surface area contributed by atoms with E-state index >= 15 is 0 Å². The van der Waals surface area contributed by atoms with E-state index in [1.165, 1.54) is 16.7 Å². The van der Waals surface area contributed by atoms with Crippen molar-refractivity contribution >= 4 is 0 Å². The van der Waals surface area contributed by atoms with Crippen LogP contribution in [0.1, 0.15) is 34.1 Å². The summed E-state index contributed by atoms with van der Waals surface area (Å²) in [6, 6.07) is 0. The van der Waals surface area contributed by atoms with Crippen LogP contribution in [0.4, 0.5) is 0 Å². The van der Waals surface area contributed by atoms with Gasteiger partial charge in [-0.15, -0.1) is 0 Å². The third-order valence-corrected chi connectivity index (χ3v) is 1.93. The van der Waals surface area contributed by atoms with Crippen molar-refractivity contribution in [2.24, 2.45) is 0 Å². The van der Waals surface area contributed by atoms with Crippen LogP contribution in [-0.4, -0.2) is 0 Å². The molecule has 0 aromatic heterocycles. The SMILES string of the molecule is C=C(/C=C(C)\C(C)=C/C)CC. The van der Waals surface area contributed by atoms with E-state index in [-0.39, 0.29) is 0 Å². The van der Waals surface area contributed by atoms with Gasteiger partial charge in [-0.25, -0.2) is 0 Å². The van der Waals surface area contributed by atoms with Gasteiger partial charge in [0, 0.05) is 0 Å². The smallest absolute Gasteiger partial charge is 0.0313 e. The van der Waals surface area contributed by atoms with Crippen molar-refractivity contribution in [2.75, 3.05) is 0 Å². The Kier molecular flexibility index (Phi) is 4.60. The molecule has 0 aliphatic rings. The Morgan fingerprint density at radius 3 is 2.18 bits per heavy atom. The summed E-state index contributed by atoms with van der Waals surface area (Å²) in [4.78, 5) is 0. The van der Waals surface area contributed by atoms with Gasteiger partial charge in [-0.2, -0.15) is 0 Å². The fourth-order valence-electron chi connectivity index (χ4n) is 0.750. The van der Waals surface area contributed by atoms with Gasteiger partial charge in [-0.05, 0) is 32.8 Å². The Morgan fingerprint density at radius 1 is 1.27 bits per heavy atom. The zero-order chi connectivity index (χ0) is 8.85. The highest BCUT2D eigenvalue weighted by molar-refractivity contribution is 5.32. The highest BCUT2D eigenvalue weighted by atomic mass is 14.0. The van der Waals surface area contributed by atoms with Gasteiger partial charge < -0.3 is 0 Å². The van der Waals surface area contributed by atoms with Gasteiger partial charge in [-0.3, -0.25) is 0 Å². The minimum atomic E-state index is 1.04. The van der Waals surface area contributed by atoms with Crippen LogP contribution in [0.3, 0.4) is 0 Å². The fraction of sp³-hybridized carbons (Fsp3) is 0.455. The number of allylic oxidation sites excluding steroid dienone is 5. The molecule has 62 valence electrons. The van der Waals surface area contributed by atoms with Crippen LogP contribution < -0.4 is 0 Å². The molecule has 0 radical (unpaired) electrons. The number of rotatable bonds is 3. The molecule has 0 aromatic rings. The minimum absolute atomic E-state index is 1.04. The van der Waals surface area contributed by atoms with E-state index in [2.05, 4.69) is 46.4 Å². The molecule has 0 atom stereocenters. The number of hydrogen-bond donors (Lipinski definition) is 0. The third kappa shape index (κ3) is 3.82. The van der Waals surface area contributed by atoms with Crippen LogP contribution in [-0.2, 0) is 0 Å². The summed E-state index contributed by atoms with van der Waals surface area (Å²) in [5.74, 6) is 0. The van der Waals surface area contributed by atoms with Crippen LogP contribution in [0.15, 0.2) is 35.5 Å². The van der Waals surface area contributed by atoms with E-state index in [4.69, 9.17) is 0 Å². The molecule has 0 aliphatic heterocycles. The van der Waals surface area contributed by atoms with Gasteiger partial charge >= 0.3 is 0 Å². The zero-order valence-corrected chi connectivity index (χ0v) is 8.07. The summed E-state index contributed by atoms with van der Waals surface area (Å²) in [6.45, 7) is 12.3. The predicted molar refractivity (Wildman–Crippen MR) is 52.6 cm³/mol. The molecular weight excluding hydrogens is 132 g/mol. The van der Waals surface area contributed by atoms with Crippen LogP contribution in [0.5, 0.6) is 0 Å². The van der Waals surface area contributed by atoms with Crippen molar-refractivity contribution in [2.45, 2.75) is 34.1 Å². The Morgan fingerprint density at radius 2 is 1.82 bits per heavy atom. The van der Waals surface area contributed by atoms with E-state index in [0.29, 0.717) is 0 Å². The molecule has 0 spiro atoms. The summed E-state index contributed by atoms with van der Waals surface area (Å²) in [7, 11) is 0. The molecule has 0 nitrogen and oxygen atoms in total. The maximum Gasteiger partial charge on any atom is -0.0313 e. The summed E-state index contributed by atoms with van der Waals surface area (Å²) in [5, 5.41) is 0. The second-order valence-electron chi connectivity index (χ2n) is 2.81. The highest BCUT2D eigenvalue weighted by Crippen LogP contribution is 2.11. The maximum absolute atomic E-state index is 3.93. The first-order valence-electron chi connectivity index (χ1n) is 4.11. The first-order chi connectivity index (χ1) is 5.11. The average Bonchev–Trinajstić information content (AvgIpc) is 2.02. The van der Waals surface area contributed by atoms with Gasteiger partial charge in [-0.1, -0.05) is 36.8 Å². The van der Waals surface area contributed by atoms with Crippen LogP contribution in [0.25, 0.3) is 0 Å². The lowest BCUT2D eigenvalue weighted by Gasteiger charge is -2.00. The van der Waals surface area contributed by atoms with E-state index in [0.717, 1.165) is 6.42 Å². The molecule has 0 aromatic carbocycles. The summed E-state index contributed by atoms with van der Waals surface area (Å²) >= 11 is 0. The molecule has 0 unspecified atom stereocenters. The molecule has 0 heterocycles. The van der Waals surface area contributed by atoms with Gasteiger partial charge in [0.05, 0.1) is 0 Å². The first kappa shape index (κ1) is 10.2. The largest absolute Gasteiger partial charge is 0.0958 e. The van der Waals surface area contributed by atoms with Crippen molar-refractivity contribution in [1.29, 1.82) is 0 Å². The van der Waals surface area contributed by atoms with Crippen molar-refractivity contribution in [3.8, 4) is 0 Å². The van der Waals surface area contributed by atoms with Gasteiger partial charge in [0.1, 0.15) is 0 Å². The van der Waals surface area contributed by atoms with Crippen molar-refractivity contribution in [1.82, 2.24) is 0 Å². The topological polar surface area (TPSA) is 0 Å². The molecule has 0 aliphatic carbocycles. The molecule has 0 fully saturated rings. The molecule has 0 amide bonds. The lowest BCUT2D eigenvalue weighted by Crippen LogP contribution is -1.80. The van der Waals surface area contributed by atoms with Crippen molar-refractivity contribution in [3.63, 3.8) is 0 Å². The maximum atomic E-state index is 3.93. The highest BCUT2D eigenvalue weighted by Gasteiger charge is 1.91. The Balaban J connectivity index is 4.34. The predicted octanol–water partition coefficient (Wildman–Crippen LogP) is 3.87. The molecule has 0 rings (SSSR count). The van der Waals surface area contributed by atoms with Crippen LogP contribution >= 0.6 is 0 Å². The second-order valence-corrected chi connectivity index (χ2v) is 2.81. The standard InChI is InChI=1S/C11H18/c1-6-9(3)8-11(5)10(4)7-2/h7-8H,3,6H2,1-2,4-5H3/b10-7-,11-8-. The normalized spacial score (nSPS) is 13.5. The van der Waals surface area contributed by atoms with Crippen LogP contribution in [0, 0.1) is 0 Å². The lowest BCUT2D eigenvalue weighted by molar-refractivity contribution is 1.14. The quantitative estimate of drug-likeness (QED) is 0.536. The molecule has 0 N–H and O–H groups in total. The molecule has 0 saturated carbocycles. The van der Waals surface area contributed by atoms with Crippen molar-refractivity contribution in [3.05, 3.63) is 35.5 Å². The fourth-order valence-corrected chi connectivity index (χ4v) is 0.750. The molecule has 0 saturated heterocycles. The van der Waals surface area contributed by atoms with E-state index in [9.17, 15) is 0 Å². The summed E-state index contributed by atoms with van der Waals surface area (Å²) in [5.41, 5.74) is 3.85. The van der Waals surface area contributed by atoms with E-state index in [1.807, 2.05) is 0 Å². The third-order valence-electron chi connectivity index (χ3n) is 1.93. The minimum Gasteiger partial charge on any atom is -0.0958 e. The van der Waals surface area contributed by atoms with E-state index < -0.39 is 0 Å². The summed E-state index contributed by atoms with van der Waals surface area (Å²) < 4.78 is 0. The molecule has 11 heavy (non-hydrogen) atoms. The van der Waals surface area contributed by atoms with Gasteiger partial charge in [0.25, 0.3) is 0 Å². The Labute approximate surface area is 70.3 Å². The Bertz CT molecular complexity index is 192. The van der Waals surface area contributed by atoms with Gasteiger partial charge in [0.15, 0.2) is 0 Å². The molecule has 0 bridgehead atoms. The first-order valence-corrected chi connectivity index (χ1v) is 4.11. The average molecular weight is 150 g/mol. The molecule has 0 heteroatoms. The summed E-state index contributed by atoms with van der Waals surface area (Å²) in [6.07, 6.45) is 5.30. The van der Waals surface area contributed by atoms with Crippen molar-refractivity contribution < 1.29 is 0 Å².